The normalized spacial score (nSPS) is 20.7. The summed E-state index contributed by atoms with van der Waals surface area (Å²) in [5, 5.41) is 0. The molecule has 2 heterocycles. The lowest BCUT2D eigenvalue weighted by atomic mass is 9.97. The molecular formula is C23H24N2O4. The summed E-state index contributed by atoms with van der Waals surface area (Å²) in [4.78, 5) is 41.7. The van der Waals surface area contributed by atoms with Gasteiger partial charge < -0.3 is 9.64 Å². The summed E-state index contributed by atoms with van der Waals surface area (Å²) in [6, 6.07) is 14.8. The maximum Gasteiger partial charge on any atom is 0.354 e. The quantitative estimate of drug-likeness (QED) is 0.748. The molecule has 0 radical (unpaired) electrons. The Hall–Kier alpha value is -3.15. The fraction of sp³-hybridized carbons (Fsp3) is 0.348. The van der Waals surface area contributed by atoms with Gasteiger partial charge in [0.05, 0.1) is 11.3 Å². The Balaban J connectivity index is 1.63. The number of ether oxygens (including phenoxy) is 1. The molecule has 150 valence electrons. The second-order valence-corrected chi connectivity index (χ2v) is 7.90. The minimum atomic E-state index is -1.43. The van der Waals surface area contributed by atoms with Crippen LogP contribution in [-0.2, 0) is 20.9 Å². The molecule has 0 aromatic heterocycles. The van der Waals surface area contributed by atoms with E-state index in [0.717, 1.165) is 5.56 Å². The van der Waals surface area contributed by atoms with E-state index in [2.05, 4.69) is 13.8 Å². The van der Waals surface area contributed by atoms with E-state index in [1.54, 1.807) is 31.3 Å². The number of anilines is 1. The molecule has 0 spiro atoms. The van der Waals surface area contributed by atoms with Crippen LogP contribution in [0.4, 0.5) is 5.69 Å². The highest BCUT2D eigenvalue weighted by Gasteiger charge is 2.60. The van der Waals surface area contributed by atoms with Crippen LogP contribution in [0.2, 0.25) is 0 Å². The third-order valence-electron chi connectivity index (χ3n) is 5.88. The van der Waals surface area contributed by atoms with E-state index in [1.165, 1.54) is 15.4 Å². The Labute approximate surface area is 170 Å². The topological polar surface area (TPSA) is 66.9 Å². The monoisotopic (exact) mass is 392 g/mol. The Kier molecular flexibility index (Phi) is 4.65. The highest BCUT2D eigenvalue weighted by Crippen LogP contribution is 2.44. The van der Waals surface area contributed by atoms with Gasteiger partial charge in [-0.15, -0.1) is 0 Å². The number of carbonyl (C=O) groups is 3. The summed E-state index contributed by atoms with van der Waals surface area (Å²) < 4.78 is 5.63. The molecule has 29 heavy (non-hydrogen) atoms. The molecule has 1 saturated heterocycles. The predicted octanol–water partition coefficient (Wildman–Crippen LogP) is 3.46. The highest BCUT2D eigenvalue weighted by molar-refractivity contribution is 6.15. The summed E-state index contributed by atoms with van der Waals surface area (Å²) in [6.45, 7) is 4.33. The molecule has 6 heteroatoms. The van der Waals surface area contributed by atoms with Crippen LogP contribution in [0.5, 0.6) is 0 Å². The number of rotatable bonds is 4. The second-order valence-electron chi connectivity index (χ2n) is 7.90. The number of fused-ring (bicyclic) bond motifs is 3. The van der Waals surface area contributed by atoms with Crippen molar-refractivity contribution in [3.8, 4) is 0 Å². The Morgan fingerprint density at radius 3 is 2.48 bits per heavy atom. The first-order chi connectivity index (χ1) is 13.9. The van der Waals surface area contributed by atoms with Gasteiger partial charge in [0, 0.05) is 19.9 Å². The smallest absolute Gasteiger partial charge is 0.354 e. The maximum absolute atomic E-state index is 13.3. The molecule has 2 aliphatic heterocycles. The number of para-hydroxylation sites is 1. The van der Waals surface area contributed by atoms with Gasteiger partial charge in [-0.1, -0.05) is 50.2 Å². The molecule has 6 nitrogen and oxygen atoms in total. The van der Waals surface area contributed by atoms with E-state index in [-0.39, 0.29) is 31.3 Å². The molecule has 1 fully saturated rings. The molecular weight excluding hydrogens is 368 g/mol. The first kappa shape index (κ1) is 19.2. The lowest BCUT2D eigenvalue weighted by Crippen LogP contribution is -2.67. The third-order valence-corrected chi connectivity index (χ3v) is 5.88. The van der Waals surface area contributed by atoms with Gasteiger partial charge in [0.2, 0.25) is 11.6 Å². The van der Waals surface area contributed by atoms with Crippen LogP contribution in [0, 0.1) is 0 Å². The maximum atomic E-state index is 13.3. The van der Waals surface area contributed by atoms with Crippen LogP contribution in [0.25, 0.3) is 0 Å². The molecule has 2 aliphatic rings. The third kappa shape index (κ3) is 2.90. The minimum Gasteiger partial charge on any atom is -0.458 e. The first-order valence-electron chi connectivity index (χ1n) is 9.82. The van der Waals surface area contributed by atoms with Crippen LogP contribution < -0.4 is 4.90 Å². The zero-order chi connectivity index (χ0) is 20.8. The van der Waals surface area contributed by atoms with E-state index in [9.17, 15) is 14.4 Å². The second kappa shape index (κ2) is 7.03. The van der Waals surface area contributed by atoms with Crippen LogP contribution in [0.1, 0.15) is 54.1 Å². The first-order valence-corrected chi connectivity index (χ1v) is 9.82. The van der Waals surface area contributed by atoms with Crippen molar-refractivity contribution in [1.82, 2.24) is 4.90 Å². The van der Waals surface area contributed by atoms with Crippen LogP contribution in [0.3, 0.4) is 0 Å². The molecule has 2 aromatic carbocycles. The Bertz CT molecular complexity index is 983. The van der Waals surface area contributed by atoms with Crippen molar-refractivity contribution in [2.45, 2.75) is 44.9 Å². The van der Waals surface area contributed by atoms with Gasteiger partial charge in [-0.25, -0.2) is 4.79 Å². The zero-order valence-corrected chi connectivity index (χ0v) is 16.8. The van der Waals surface area contributed by atoms with Crippen LogP contribution in [-0.4, -0.2) is 35.4 Å². The number of nitrogens with zero attached hydrogens (tertiary/aromatic N) is 2. The Morgan fingerprint density at radius 1 is 1.10 bits per heavy atom. The molecule has 0 aliphatic carbocycles. The number of benzene rings is 2. The largest absolute Gasteiger partial charge is 0.458 e. The van der Waals surface area contributed by atoms with Crippen molar-refractivity contribution in [3.63, 3.8) is 0 Å². The average Bonchev–Trinajstić information content (AvgIpc) is 3.09. The summed E-state index contributed by atoms with van der Waals surface area (Å²) in [6.07, 6.45) is 0.400. The van der Waals surface area contributed by atoms with Gasteiger partial charge in [-0.2, -0.15) is 0 Å². The number of likely N-dealkylation sites (N-methyl/N-ethyl adjacent to an activating group) is 1. The average molecular weight is 392 g/mol. The molecule has 4 rings (SSSR count). The fourth-order valence-corrected chi connectivity index (χ4v) is 4.15. The van der Waals surface area contributed by atoms with Gasteiger partial charge in [0.1, 0.15) is 6.61 Å². The van der Waals surface area contributed by atoms with Gasteiger partial charge in [0.15, 0.2) is 0 Å². The number of esters is 1. The molecule has 0 N–H and O–H groups in total. The van der Waals surface area contributed by atoms with Crippen molar-refractivity contribution in [1.29, 1.82) is 0 Å². The number of carbonyl (C=O) groups excluding carboxylic acids is 3. The number of amides is 2. The molecule has 0 saturated carbocycles. The van der Waals surface area contributed by atoms with Crippen molar-refractivity contribution in [2.75, 3.05) is 11.9 Å². The highest BCUT2D eigenvalue weighted by atomic mass is 16.5. The molecule has 2 amide bonds. The van der Waals surface area contributed by atoms with Gasteiger partial charge in [0.25, 0.3) is 5.91 Å². The van der Waals surface area contributed by atoms with Crippen LogP contribution in [0.15, 0.2) is 48.5 Å². The van der Waals surface area contributed by atoms with Crippen molar-refractivity contribution in [2.24, 2.45) is 0 Å². The van der Waals surface area contributed by atoms with E-state index < -0.39 is 11.6 Å². The van der Waals surface area contributed by atoms with Crippen molar-refractivity contribution >= 4 is 23.5 Å². The van der Waals surface area contributed by atoms with E-state index in [0.29, 0.717) is 17.2 Å². The molecule has 1 atom stereocenters. The van der Waals surface area contributed by atoms with E-state index >= 15 is 0 Å². The summed E-state index contributed by atoms with van der Waals surface area (Å²) >= 11 is 0. The minimum absolute atomic E-state index is 0.0880. The Morgan fingerprint density at radius 2 is 1.79 bits per heavy atom. The van der Waals surface area contributed by atoms with Gasteiger partial charge in [-0.3, -0.25) is 14.5 Å². The summed E-state index contributed by atoms with van der Waals surface area (Å²) in [5.41, 5.74) is 1.52. The van der Waals surface area contributed by atoms with Crippen molar-refractivity contribution in [3.05, 3.63) is 65.2 Å². The molecule has 0 unspecified atom stereocenters. The van der Waals surface area contributed by atoms with Crippen LogP contribution >= 0.6 is 0 Å². The summed E-state index contributed by atoms with van der Waals surface area (Å²) in [5.74, 6) is -0.632. The van der Waals surface area contributed by atoms with Gasteiger partial charge >= 0.3 is 5.97 Å². The predicted molar refractivity (Wildman–Crippen MR) is 108 cm³/mol. The van der Waals surface area contributed by atoms with E-state index in [4.69, 9.17) is 4.74 Å². The molecule has 2 aromatic rings. The van der Waals surface area contributed by atoms with Gasteiger partial charge in [-0.05, 0) is 29.2 Å². The number of hydrogen-bond donors (Lipinski definition) is 0. The lowest BCUT2D eigenvalue weighted by Gasteiger charge is -2.46. The van der Waals surface area contributed by atoms with Crippen molar-refractivity contribution < 1.29 is 19.1 Å². The lowest BCUT2D eigenvalue weighted by molar-refractivity contribution is -0.157. The molecule has 0 bridgehead atoms. The fourth-order valence-electron chi connectivity index (χ4n) is 4.15. The van der Waals surface area contributed by atoms with E-state index in [1.807, 2.05) is 24.3 Å². The standard InChI is InChI=1S/C23H24N2O4/c1-15(2)17-10-8-16(9-11-17)14-29-22(28)23-13-12-20(26)25(23)19-7-5-4-6-18(19)21(27)24(23)3/h4-11,15H,12-14H2,1-3H3/t23-/m1/s1. The SMILES string of the molecule is CC(C)c1ccc(COC(=O)[C@@]23CCC(=O)N2c2ccccc2C(=O)N3C)cc1. The zero-order valence-electron chi connectivity index (χ0n) is 16.8. The summed E-state index contributed by atoms with van der Waals surface area (Å²) in [7, 11) is 1.56. The number of hydrogen-bond acceptors (Lipinski definition) is 4.